The molecule has 0 aromatic heterocycles. The summed E-state index contributed by atoms with van der Waals surface area (Å²) in [5.74, 6) is -3.11. The lowest BCUT2D eigenvalue weighted by atomic mass is 10.0. The van der Waals surface area contributed by atoms with E-state index in [1.165, 1.54) is 30.3 Å². The summed E-state index contributed by atoms with van der Waals surface area (Å²) >= 11 is 5.78. The third-order valence-corrected chi connectivity index (χ3v) is 4.05. The van der Waals surface area contributed by atoms with Gasteiger partial charge in [0.1, 0.15) is 11.3 Å². The normalized spacial score (nSPS) is 11.3. The summed E-state index contributed by atoms with van der Waals surface area (Å²) in [4.78, 5) is 24.7. The van der Waals surface area contributed by atoms with E-state index in [1.54, 1.807) is 27.7 Å². The Balaban J connectivity index is 2.52. The minimum absolute atomic E-state index is 0.0180. The van der Waals surface area contributed by atoms with Crippen LogP contribution in [0.2, 0.25) is 5.02 Å². The van der Waals surface area contributed by atoms with Crippen LogP contribution in [0.3, 0.4) is 0 Å². The average Bonchev–Trinajstić information content (AvgIpc) is 2.63. The first-order valence-electron chi connectivity index (χ1n) is 9.18. The lowest BCUT2D eigenvalue weighted by Crippen LogP contribution is -2.13. The van der Waals surface area contributed by atoms with Crippen molar-refractivity contribution in [3.8, 4) is 23.0 Å². The molecule has 0 unspecified atom stereocenters. The fraction of sp³-hybridized carbons (Fsp3) is 0.273. The summed E-state index contributed by atoms with van der Waals surface area (Å²) in [6, 6.07) is 5.32. The molecule has 0 heterocycles. The Morgan fingerprint density at radius 3 is 2.20 bits per heavy atom. The summed E-state index contributed by atoms with van der Waals surface area (Å²) in [7, 11) is 0. The van der Waals surface area contributed by atoms with Crippen molar-refractivity contribution in [1.82, 2.24) is 0 Å². The fourth-order valence-electron chi connectivity index (χ4n) is 2.55. The third-order valence-electron chi connectivity index (χ3n) is 3.81. The Morgan fingerprint density at radius 1 is 0.967 bits per heavy atom. The number of carbonyl (C=O) groups excluding carboxylic acids is 2. The van der Waals surface area contributed by atoms with Crippen molar-refractivity contribution in [2.75, 3.05) is 0 Å². The maximum absolute atomic E-state index is 12.5. The van der Waals surface area contributed by atoms with E-state index in [0.717, 1.165) is 6.08 Å². The first kappa shape index (κ1) is 23.1. The van der Waals surface area contributed by atoms with E-state index < -0.39 is 29.4 Å². The van der Waals surface area contributed by atoms with E-state index in [2.05, 4.69) is 0 Å². The van der Waals surface area contributed by atoms with Gasteiger partial charge in [0.05, 0.1) is 17.8 Å². The first-order chi connectivity index (χ1) is 14.0. The van der Waals surface area contributed by atoms with Crippen LogP contribution in [0.4, 0.5) is 0 Å². The van der Waals surface area contributed by atoms with Gasteiger partial charge in [0.2, 0.25) is 5.75 Å². The van der Waals surface area contributed by atoms with E-state index in [4.69, 9.17) is 21.1 Å². The Hall–Kier alpha value is -3.19. The molecule has 3 N–H and O–H groups in total. The largest absolute Gasteiger partial charge is 0.507 e. The molecular weight excluding hydrogens is 412 g/mol. The lowest BCUT2D eigenvalue weighted by Gasteiger charge is -2.17. The van der Waals surface area contributed by atoms with Gasteiger partial charge in [0, 0.05) is 10.6 Å². The van der Waals surface area contributed by atoms with Gasteiger partial charge in [-0.15, -0.1) is 0 Å². The summed E-state index contributed by atoms with van der Waals surface area (Å²) in [6.07, 6.45) is 1.63. The van der Waals surface area contributed by atoms with Crippen LogP contribution in [0.15, 0.2) is 30.3 Å². The van der Waals surface area contributed by atoms with E-state index >= 15 is 0 Å². The van der Waals surface area contributed by atoms with Gasteiger partial charge in [-0.25, -0.2) is 4.79 Å². The van der Waals surface area contributed by atoms with E-state index in [0.29, 0.717) is 0 Å². The highest BCUT2D eigenvalue weighted by molar-refractivity contribution is 6.31. The predicted octanol–water partition coefficient (Wildman–Crippen LogP) is 4.71. The Kier molecular flexibility index (Phi) is 7.34. The lowest BCUT2D eigenvalue weighted by molar-refractivity contribution is 0.0373. The highest BCUT2D eigenvalue weighted by Gasteiger charge is 2.24. The maximum atomic E-state index is 12.5. The third kappa shape index (κ3) is 5.45. The minimum Gasteiger partial charge on any atom is -0.507 e. The van der Waals surface area contributed by atoms with Crippen molar-refractivity contribution in [2.24, 2.45) is 0 Å². The van der Waals surface area contributed by atoms with Crippen LogP contribution < -0.4 is 4.74 Å². The number of aromatic hydroxyl groups is 3. The number of carbonyl (C=O) groups is 2. The van der Waals surface area contributed by atoms with E-state index in [-0.39, 0.29) is 39.3 Å². The van der Waals surface area contributed by atoms with Gasteiger partial charge in [-0.2, -0.15) is 0 Å². The number of phenolic OH excluding ortho intramolecular Hbond substituents is 3. The molecule has 0 atom stereocenters. The monoisotopic (exact) mass is 434 g/mol. The van der Waals surface area contributed by atoms with Crippen molar-refractivity contribution < 1.29 is 34.4 Å². The van der Waals surface area contributed by atoms with Gasteiger partial charge in [0.15, 0.2) is 17.3 Å². The number of hydrogen-bond acceptors (Lipinski definition) is 7. The van der Waals surface area contributed by atoms with Gasteiger partial charge in [0.25, 0.3) is 0 Å². The molecule has 2 aromatic carbocycles. The number of ether oxygens (including phenoxy) is 2. The van der Waals surface area contributed by atoms with Crippen LogP contribution in [0.5, 0.6) is 23.0 Å². The molecule has 160 valence electrons. The molecule has 0 bridgehead atoms. The predicted molar refractivity (Wildman–Crippen MR) is 113 cm³/mol. The van der Waals surface area contributed by atoms with Crippen LogP contribution in [-0.4, -0.2) is 39.3 Å². The van der Waals surface area contributed by atoms with Crippen molar-refractivity contribution in [3.05, 3.63) is 52.1 Å². The van der Waals surface area contributed by atoms with Gasteiger partial charge < -0.3 is 24.8 Å². The highest BCUT2D eigenvalue weighted by Crippen LogP contribution is 2.43. The molecule has 0 aliphatic carbocycles. The van der Waals surface area contributed by atoms with Gasteiger partial charge in [-0.05, 0) is 64.1 Å². The Bertz CT molecular complexity index is 993. The second kappa shape index (κ2) is 9.54. The maximum Gasteiger partial charge on any atom is 0.342 e. The van der Waals surface area contributed by atoms with Gasteiger partial charge in [-0.1, -0.05) is 11.6 Å². The number of phenols is 3. The fourth-order valence-corrected chi connectivity index (χ4v) is 2.71. The number of rotatable bonds is 7. The molecule has 0 spiro atoms. The second-order valence-corrected chi connectivity index (χ2v) is 7.46. The minimum atomic E-state index is -0.842. The number of benzene rings is 2. The van der Waals surface area contributed by atoms with Crippen LogP contribution in [0.1, 0.15) is 54.0 Å². The molecule has 30 heavy (non-hydrogen) atoms. The highest BCUT2D eigenvalue weighted by atomic mass is 35.5. The van der Waals surface area contributed by atoms with Crippen LogP contribution in [-0.2, 0) is 4.74 Å². The summed E-state index contributed by atoms with van der Waals surface area (Å²) < 4.78 is 10.6. The topological polar surface area (TPSA) is 113 Å². The summed E-state index contributed by atoms with van der Waals surface area (Å²) in [5.41, 5.74) is -0.0975. The smallest absolute Gasteiger partial charge is 0.342 e. The molecule has 0 radical (unpaired) electrons. The average molecular weight is 435 g/mol. The standard InChI is InChI=1S/C22H23ClO7/c1-11(2)29-21-13(5-8-17(24)15-7-6-14(23)10-18(15)25)9-16(19(26)20(21)27)22(28)30-12(3)4/h5-12,25-27H,1-4H3. The SMILES string of the molecule is CC(C)OC(=O)c1cc(C=CC(=O)c2ccc(Cl)cc2O)c(OC(C)C)c(O)c1O. The molecule has 7 nitrogen and oxygen atoms in total. The molecule has 2 aromatic rings. The zero-order valence-corrected chi connectivity index (χ0v) is 17.7. The first-order valence-corrected chi connectivity index (χ1v) is 9.56. The van der Waals surface area contributed by atoms with E-state index in [1.807, 2.05) is 0 Å². The van der Waals surface area contributed by atoms with Crippen molar-refractivity contribution in [2.45, 2.75) is 39.9 Å². The van der Waals surface area contributed by atoms with Gasteiger partial charge >= 0.3 is 5.97 Å². The van der Waals surface area contributed by atoms with Crippen molar-refractivity contribution in [3.63, 3.8) is 0 Å². The molecule has 0 aliphatic heterocycles. The van der Waals surface area contributed by atoms with E-state index in [9.17, 15) is 24.9 Å². The van der Waals surface area contributed by atoms with Crippen molar-refractivity contribution >= 4 is 29.4 Å². The molecule has 0 aliphatic rings. The number of halogens is 1. The molecular formula is C22H23ClO7. The summed E-state index contributed by atoms with van der Waals surface area (Å²) in [6.45, 7) is 6.70. The zero-order valence-electron chi connectivity index (χ0n) is 17.0. The second-order valence-electron chi connectivity index (χ2n) is 7.02. The number of hydrogen-bond donors (Lipinski definition) is 3. The zero-order chi connectivity index (χ0) is 22.6. The summed E-state index contributed by atoms with van der Waals surface area (Å²) in [5, 5.41) is 30.8. The molecule has 0 saturated carbocycles. The van der Waals surface area contributed by atoms with Crippen molar-refractivity contribution in [1.29, 1.82) is 0 Å². The van der Waals surface area contributed by atoms with Crippen LogP contribution >= 0.6 is 11.6 Å². The molecule has 0 saturated heterocycles. The van der Waals surface area contributed by atoms with Crippen LogP contribution in [0, 0.1) is 0 Å². The molecule has 0 fully saturated rings. The molecule has 0 amide bonds. The van der Waals surface area contributed by atoms with Gasteiger partial charge in [-0.3, -0.25) is 4.79 Å². The number of ketones is 1. The van der Waals surface area contributed by atoms with Crippen LogP contribution in [0.25, 0.3) is 6.08 Å². The quantitative estimate of drug-likeness (QED) is 0.250. The molecule has 2 rings (SSSR count). The number of esters is 1. The Labute approximate surface area is 179 Å². The molecule has 8 heteroatoms. The Morgan fingerprint density at radius 2 is 1.63 bits per heavy atom. The number of allylic oxidation sites excluding steroid dienone is 1.